The number of carboxylic acid groups (broad SMARTS) is 1. The SMILES string of the molecule is Cc1ccc2c(c1)C(=O)C(CCCCC(=O)O)C2. The normalized spacial score (nSPS) is 17.8. The van der Waals surface area contributed by atoms with Crippen LogP contribution in [0.3, 0.4) is 0 Å². The lowest BCUT2D eigenvalue weighted by molar-refractivity contribution is -0.137. The van der Waals surface area contributed by atoms with Crippen LogP contribution in [0, 0.1) is 12.8 Å². The lowest BCUT2D eigenvalue weighted by Gasteiger charge is -2.06. The van der Waals surface area contributed by atoms with Gasteiger partial charge in [-0.3, -0.25) is 9.59 Å². The summed E-state index contributed by atoms with van der Waals surface area (Å²) in [5, 5.41) is 8.56. The van der Waals surface area contributed by atoms with E-state index in [2.05, 4.69) is 0 Å². The first-order valence-corrected chi connectivity index (χ1v) is 6.43. The fraction of sp³-hybridized carbons (Fsp3) is 0.467. The van der Waals surface area contributed by atoms with Gasteiger partial charge < -0.3 is 5.11 Å². The van der Waals surface area contributed by atoms with Crippen molar-refractivity contribution >= 4 is 11.8 Å². The number of aryl methyl sites for hydroxylation is 1. The Balaban J connectivity index is 1.91. The van der Waals surface area contributed by atoms with Crippen LogP contribution in [0.15, 0.2) is 18.2 Å². The number of carboxylic acids is 1. The standard InChI is InChI=1S/C15H18O3/c1-10-6-7-11-9-12(15(18)13(11)8-10)4-2-3-5-14(16)17/h6-8,12H,2-5,9H2,1H3,(H,16,17). The summed E-state index contributed by atoms with van der Waals surface area (Å²) in [6.07, 6.45) is 3.30. The summed E-state index contributed by atoms with van der Waals surface area (Å²) < 4.78 is 0. The monoisotopic (exact) mass is 246 g/mol. The van der Waals surface area contributed by atoms with E-state index in [4.69, 9.17) is 5.11 Å². The van der Waals surface area contributed by atoms with Crippen molar-refractivity contribution in [2.45, 2.75) is 39.0 Å². The Labute approximate surface area is 107 Å². The van der Waals surface area contributed by atoms with Crippen molar-refractivity contribution < 1.29 is 14.7 Å². The molecule has 1 aliphatic carbocycles. The summed E-state index contributed by atoms with van der Waals surface area (Å²) >= 11 is 0. The Hall–Kier alpha value is -1.64. The highest BCUT2D eigenvalue weighted by atomic mass is 16.4. The predicted molar refractivity (Wildman–Crippen MR) is 68.8 cm³/mol. The molecule has 0 aromatic heterocycles. The van der Waals surface area contributed by atoms with Crippen molar-refractivity contribution in [3.63, 3.8) is 0 Å². The highest BCUT2D eigenvalue weighted by Gasteiger charge is 2.29. The molecule has 0 bridgehead atoms. The van der Waals surface area contributed by atoms with Crippen LogP contribution in [0.5, 0.6) is 0 Å². The van der Waals surface area contributed by atoms with Gasteiger partial charge in [-0.05, 0) is 37.8 Å². The number of Topliss-reactive ketones (excluding diaryl/α,β-unsaturated/α-hetero) is 1. The summed E-state index contributed by atoms with van der Waals surface area (Å²) in [6.45, 7) is 1.99. The minimum atomic E-state index is -0.758. The molecule has 0 heterocycles. The smallest absolute Gasteiger partial charge is 0.303 e. The number of aliphatic carboxylic acids is 1. The summed E-state index contributed by atoms with van der Waals surface area (Å²) in [6, 6.07) is 6.05. The van der Waals surface area contributed by atoms with Gasteiger partial charge >= 0.3 is 5.97 Å². The maximum Gasteiger partial charge on any atom is 0.303 e. The van der Waals surface area contributed by atoms with Crippen molar-refractivity contribution in [3.05, 3.63) is 34.9 Å². The van der Waals surface area contributed by atoms with E-state index < -0.39 is 5.97 Å². The van der Waals surface area contributed by atoms with Crippen molar-refractivity contribution in [1.82, 2.24) is 0 Å². The number of carbonyl (C=O) groups is 2. The molecule has 1 aromatic rings. The third kappa shape index (κ3) is 2.78. The van der Waals surface area contributed by atoms with E-state index in [0.29, 0.717) is 6.42 Å². The average Bonchev–Trinajstić information content (AvgIpc) is 2.62. The zero-order chi connectivity index (χ0) is 13.1. The average molecular weight is 246 g/mol. The van der Waals surface area contributed by atoms with Crippen molar-refractivity contribution in [1.29, 1.82) is 0 Å². The quantitative estimate of drug-likeness (QED) is 0.812. The van der Waals surface area contributed by atoms with E-state index in [0.717, 1.165) is 36.0 Å². The molecular formula is C15H18O3. The van der Waals surface area contributed by atoms with Gasteiger partial charge in [0.2, 0.25) is 0 Å². The number of fused-ring (bicyclic) bond motifs is 1. The molecule has 96 valence electrons. The zero-order valence-corrected chi connectivity index (χ0v) is 10.6. The van der Waals surface area contributed by atoms with Crippen LogP contribution < -0.4 is 0 Å². The van der Waals surface area contributed by atoms with Crippen molar-refractivity contribution in [2.24, 2.45) is 5.92 Å². The second kappa shape index (κ2) is 5.34. The largest absolute Gasteiger partial charge is 0.481 e. The first kappa shape index (κ1) is 12.8. The predicted octanol–water partition coefficient (Wildman–Crippen LogP) is 3.00. The van der Waals surface area contributed by atoms with E-state index in [9.17, 15) is 9.59 Å². The number of rotatable bonds is 5. The number of hydrogen-bond donors (Lipinski definition) is 1. The Bertz CT molecular complexity index is 477. The van der Waals surface area contributed by atoms with Gasteiger partial charge in [-0.1, -0.05) is 24.1 Å². The second-order valence-corrected chi connectivity index (χ2v) is 5.07. The number of hydrogen-bond acceptors (Lipinski definition) is 2. The first-order valence-electron chi connectivity index (χ1n) is 6.43. The molecule has 0 radical (unpaired) electrons. The number of benzene rings is 1. The highest BCUT2D eigenvalue weighted by molar-refractivity contribution is 6.02. The third-order valence-electron chi connectivity index (χ3n) is 3.56. The minimum absolute atomic E-state index is 0.0654. The van der Waals surface area contributed by atoms with Crippen LogP contribution in [0.25, 0.3) is 0 Å². The molecule has 0 amide bonds. The molecule has 0 saturated carbocycles. The summed E-state index contributed by atoms with van der Waals surface area (Å²) in [5.74, 6) is -0.453. The maximum atomic E-state index is 12.2. The Morgan fingerprint density at radius 1 is 1.39 bits per heavy atom. The van der Waals surface area contributed by atoms with E-state index >= 15 is 0 Å². The van der Waals surface area contributed by atoms with E-state index in [-0.39, 0.29) is 18.1 Å². The number of ketones is 1. The lowest BCUT2D eigenvalue weighted by Crippen LogP contribution is -2.09. The molecule has 0 saturated heterocycles. The summed E-state index contributed by atoms with van der Waals surface area (Å²) in [7, 11) is 0. The molecule has 1 aromatic carbocycles. The van der Waals surface area contributed by atoms with Gasteiger partial charge in [-0.2, -0.15) is 0 Å². The molecule has 1 N–H and O–H groups in total. The first-order chi connectivity index (χ1) is 8.58. The van der Waals surface area contributed by atoms with Crippen LogP contribution in [0.2, 0.25) is 0 Å². The van der Waals surface area contributed by atoms with Crippen LogP contribution in [0.4, 0.5) is 0 Å². The summed E-state index contributed by atoms with van der Waals surface area (Å²) in [4.78, 5) is 22.6. The Kier molecular flexibility index (Phi) is 3.80. The topological polar surface area (TPSA) is 54.4 Å². The van der Waals surface area contributed by atoms with Gasteiger partial charge in [-0.15, -0.1) is 0 Å². The molecule has 2 rings (SSSR count). The third-order valence-corrected chi connectivity index (χ3v) is 3.56. The van der Waals surface area contributed by atoms with Gasteiger partial charge in [0.15, 0.2) is 5.78 Å². The fourth-order valence-electron chi connectivity index (χ4n) is 2.58. The van der Waals surface area contributed by atoms with E-state index in [1.165, 1.54) is 0 Å². The van der Waals surface area contributed by atoms with Gasteiger partial charge in [0.1, 0.15) is 0 Å². The molecule has 18 heavy (non-hydrogen) atoms. The fourth-order valence-corrected chi connectivity index (χ4v) is 2.58. The Morgan fingerprint density at radius 2 is 2.17 bits per heavy atom. The number of carbonyl (C=O) groups excluding carboxylic acids is 1. The molecule has 0 spiro atoms. The second-order valence-electron chi connectivity index (χ2n) is 5.07. The summed E-state index contributed by atoms with van der Waals surface area (Å²) in [5.41, 5.74) is 3.14. The van der Waals surface area contributed by atoms with Gasteiger partial charge in [0.25, 0.3) is 0 Å². The molecule has 0 fully saturated rings. The van der Waals surface area contributed by atoms with Crippen molar-refractivity contribution in [2.75, 3.05) is 0 Å². The van der Waals surface area contributed by atoms with Crippen molar-refractivity contribution in [3.8, 4) is 0 Å². The highest BCUT2D eigenvalue weighted by Crippen LogP contribution is 2.30. The van der Waals surface area contributed by atoms with Crippen LogP contribution in [-0.2, 0) is 11.2 Å². The molecular weight excluding hydrogens is 228 g/mol. The maximum absolute atomic E-state index is 12.2. The molecule has 1 unspecified atom stereocenters. The molecule has 3 heteroatoms. The molecule has 3 nitrogen and oxygen atoms in total. The minimum Gasteiger partial charge on any atom is -0.481 e. The van der Waals surface area contributed by atoms with Gasteiger partial charge in [0.05, 0.1) is 0 Å². The number of unbranched alkanes of at least 4 members (excludes halogenated alkanes) is 1. The zero-order valence-electron chi connectivity index (χ0n) is 10.6. The van der Waals surface area contributed by atoms with Crippen LogP contribution >= 0.6 is 0 Å². The van der Waals surface area contributed by atoms with Gasteiger partial charge in [0, 0.05) is 17.9 Å². The van der Waals surface area contributed by atoms with E-state index in [1.54, 1.807) is 0 Å². The molecule has 0 aliphatic heterocycles. The van der Waals surface area contributed by atoms with Gasteiger partial charge in [-0.25, -0.2) is 0 Å². The van der Waals surface area contributed by atoms with Crippen LogP contribution in [0.1, 0.15) is 47.2 Å². The molecule has 1 aliphatic rings. The lowest BCUT2D eigenvalue weighted by atomic mass is 9.97. The van der Waals surface area contributed by atoms with Crippen LogP contribution in [-0.4, -0.2) is 16.9 Å². The Morgan fingerprint density at radius 3 is 2.89 bits per heavy atom. The van der Waals surface area contributed by atoms with E-state index in [1.807, 2.05) is 25.1 Å². The molecule has 1 atom stereocenters.